The molecule has 0 saturated heterocycles. The Morgan fingerprint density at radius 1 is 1.00 bits per heavy atom. The number of oxime groups is 1. The second-order valence-electron chi connectivity index (χ2n) is 7.33. The average Bonchev–Trinajstić information content (AvgIpc) is 2.73. The van der Waals surface area contributed by atoms with Crippen molar-refractivity contribution in [3.63, 3.8) is 0 Å². The van der Waals surface area contributed by atoms with Crippen LogP contribution in [-0.4, -0.2) is 44.7 Å². The Morgan fingerprint density at radius 3 is 2.16 bits per heavy atom. The topological polar surface area (TPSA) is 111 Å². The van der Waals surface area contributed by atoms with Gasteiger partial charge >= 0.3 is 16.1 Å². The van der Waals surface area contributed by atoms with E-state index in [4.69, 9.17) is 13.8 Å². The number of carboxylic acids is 1. The van der Waals surface area contributed by atoms with Crippen LogP contribution in [0.4, 0.5) is 0 Å². The molecule has 32 heavy (non-hydrogen) atoms. The Hall–Kier alpha value is -3.07. The van der Waals surface area contributed by atoms with E-state index in [1.54, 1.807) is 43.3 Å². The highest BCUT2D eigenvalue weighted by atomic mass is 32.2. The maximum Gasteiger partial charge on any atom is 0.312 e. The smallest absolute Gasteiger partial charge is 0.312 e. The lowest BCUT2D eigenvalue weighted by Crippen LogP contribution is -2.24. The third kappa shape index (κ3) is 8.97. The van der Waals surface area contributed by atoms with Crippen LogP contribution >= 0.6 is 0 Å². The van der Waals surface area contributed by atoms with Gasteiger partial charge in [0, 0.05) is 6.42 Å². The zero-order valence-corrected chi connectivity index (χ0v) is 19.3. The number of ether oxygens (including phenoxy) is 1. The third-order valence-corrected chi connectivity index (χ3v) is 5.00. The van der Waals surface area contributed by atoms with Crippen molar-refractivity contribution in [3.8, 4) is 11.5 Å². The van der Waals surface area contributed by atoms with Crippen LogP contribution in [0.1, 0.15) is 31.4 Å². The molecule has 0 heterocycles. The Bertz CT molecular complexity index is 1000. The lowest BCUT2D eigenvalue weighted by molar-refractivity contribution is -0.139. The van der Waals surface area contributed by atoms with Gasteiger partial charge in [-0.15, -0.1) is 0 Å². The Balaban J connectivity index is 1.87. The lowest BCUT2D eigenvalue weighted by atomic mass is 9.95. The van der Waals surface area contributed by atoms with Gasteiger partial charge in [-0.1, -0.05) is 36.3 Å². The van der Waals surface area contributed by atoms with Crippen molar-refractivity contribution < 1.29 is 32.1 Å². The van der Waals surface area contributed by atoms with Gasteiger partial charge in [0.15, 0.2) is 0 Å². The largest absolute Gasteiger partial charge is 0.493 e. The van der Waals surface area contributed by atoms with Crippen LogP contribution in [0.5, 0.6) is 11.5 Å². The van der Waals surface area contributed by atoms with Gasteiger partial charge in [-0.25, -0.2) is 0 Å². The molecular weight excluding hydrogens is 434 g/mol. The summed E-state index contributed by atoms with van der Waals surface area (Å²) in [4.78, 5) is 16.7. The Labute approximate surface area is 188 Å². The molecule has 174 valence electrons. The number of hydrogen-bond acceptors (Lipinski definition) is 7. The number of carboxylic acid groups (broad SMARTS) is 1. The molecule has 0 amide bonds. The van der Waals surface area contributed by atoms with Crippen LogP contribution in [-0.2, 0) is 32.6 Å². The SMILES string of the molecule is CCCON=C(C)C(Cc1ccc(OCCc2ccc(OS(C)(=O)=O)cc2)cc1)C(=O)O. The molecule has 0 bridgehead atoms. The molecule has 9 heteroatoms. The summed E-state index contributed by atoms with van der Waals surface area (Å²) in [5.41, 5.74) is 2.27. The highest BCUT2D eigenvalue weighted by Gasteiger charge is 2.22. The van der Waals surface area contributed by atoms with E-state index in [0.717, 1.165) is 23.8 Å². The van der Waals surface area contributed by atoms with E-state index in [1.807, 2.05) is 19.1 Å². The Morgan fingerprint density at radius 2 is 1.59 bits per heavy atom. The van der Waals surface area contributed by atoms with Crippen LogP contribution in [0, 0.1) is 5.92 Å². The summed E-state index contributed by atoms with van der Waals surface area (Å²) >= 11 is 0. The minimum Gasteiger partial charge on any atom is -0.493 e. The number of aliphatic carboxylic acids is 1. The molecule has 0 aliphatic heterocycles. The van der Waals surface area contributed by atoms with E-state index in [-0.39, 0.29) is 5.75 Å². The normalized spacial score (nSPS) is 12.8. The first kappa shape index (κ1) is 25.2. The quantitative estimate of drug-likeness (QED) is 0.209. The summed E-state index contributed by atoms with van der Waals surface area (Å²) in [6, 6.07) is 14.0. The highest BCUT2D eigenvalue weighted by molar-refractivity contribution is 7.86. The van der Waals surface area contributed by atoms with Gasteiger partial charge in [-0.2, -0.15) is 8.42 Å². The van der Waals surface area contributed by atoms with Crippen LogP contribution in [0.2, 0.25) is 0 Å². The maximum atomic E-state index is 11.6. The second-order valence-corrected chi connectivity index (χ2v) is 8.91. The first-order chi connectivity index (χ1) is 15.2. The predicted octanol–water partition coefficient (Wildman–Crippen LogP) is 3.69. The van der Waals surface area contributed by atoms with Crippen molar-refractivity contribution in [3.05, 3.63) is 59.7 Å². The molecule has 0 saturated carbocycles. The van der Waals surface area contributed by atoms with Crippen molar-refractivity contribution in [2.45, 2.75) is 33.1 Å². The molecule has 2 aromatic carbocycles. The van der Waals surface area contributed by atoms with Gasteiger partial charge in [0.2, 0.25) is 0 Å². The second kappa shape index (κ2) is 12.1. The molecule has 0 aromatic heterocycles. The maximum absolute atomic E-state index is 11.6. The predicted molar refractivity (Wildman–Crippen MR) is 122 cm³/mol. The number of hydrogen-bond donors (Lipinski definition) is 1. The van der Waals surface area contributed by atoms with Crippen LogP contribution in [0.25, 0.3) is 0 Å². The molecule has 1 unspecified atom stereocenters. The molecule has 2 rings (SSSR count). The molecule has 0 spiro atoms. The van der Waals surface area contributed by atoms with Crippen molar-refractivity contribution in [1.82, 2.24) is 0 Å². The van der Waals surface area contributed by atoms with E-state index in [0.29, 0.717) is 37.5 Å². The number of benzene rings is 2. The van der Waals surface area contributed by atoms with Crippen LogP contribution in [0.15, 0.2) is 53.7 Å². The first-order valence-electron chi connectivity index (χ1n) is 10.3. The minimum atomic E-state index is -3.54. The Kier molecular flexibility index (Phi) is 9.52. The molecule has 0 aliphatic rings. The zero-order valence-electron chi connectivity index (χ0n) is 18.5. The molecule has 2 aromatic rings. The first-order valence-corrected chi connectivity index (χ1v) is 12.1. The fourth-order valence-electron chi connectivity index (χ4n) is 2.85. The van der Waals surface area contributed by atoms with Crippen molar-refractivity contribution in [2.24, 2.45) is 11.1 Å². The van der Waals surface area contributed by atoms with Crippen molar-refractivity contribution in [1.29, 1.82) is 0 Å². The van der Waals surface area contributed by atoms with E-state index >= 15 is 0 Å². The summed E-state index contributed by atoms with van der Waals surface area (Å²) in [5.74, 6) is -0.758. The molecule has 1 N–H and O–H groups in total. The lowest BCUT2D eigenvalue weighted by Gasteiger charge is -2.13. The van der Waals surface area contributed by atoms with Gasteiger partial charge < -0.3 is 18.9 Å². The van der Waals surface area contributed by atoms with Gasteiger partial charge in [-0.3, -0.25) is 4.79 Å². The van der Waals surface area contributed by atoms with Gasteiger partial charge in [0.05, 0.1) is 18.6 Å². The molecule has 0 radical (unpaired) electrons. The monoisotopic (exact) mass is 463 g/mol. The number of nitrogens with zero attached hydrogens (tertiary/aromatic N) is 1. The van der Waals surface area contributed by atoms with Crippen molar-refractivity contribution >= 4 is 21.8 Å². The summed E-state index contributed by atoms with van der Waals surface area (Å²) in [7, 11) is -3.54. The van der Waals surface area contributed by atoms with Crippen molar-refractivity contribution in [2.75, 3.05) is 19.5 Å². The van der Waals surface area contributed by atoms with E-state index in [9.17, 15) is 18.3 Å². The molecule has 1 atom stereocenters. The zero-order chi connectivity index (χ0) is 23.6. The minimum absolute atomic E-state index is 0.268. The molecule has 8 nitrogen and oxygen atoms in total. The third-order valence-electron chi connectivity index (χ3n) is 4.50. The van der Waals surface area contributed by atoms with Gasteiger partial charge in [-0.05, 0) is 55.2 Å². The van der Waals surface area contributed by atoms with E-state index < -0.39 is 22.0 Å². The summed E-state index contributed by atoms with van der Waals surface area (Å²) in [5, 5.41) is 13.4. The van der Waals surface area contributed by atoms with E-state index in [1.165, 1.54) is 0 Å². The van der Waals surface area contributed by atoms with Gasteiger partial charge in [0.25, 0.3) is 0 Å². The summed E-state index contributed by atoms with van der Waals surface area (Å²) in [6.45, 7) is 4.50. The van der Waals surface area contributed by atoms with Crippen LogP contribution < -0.4 is 8.92 Å². The highest BCUT2D eigenvalue weighted by Crippen LogP contribution is 2.18. The number of carbonyl (C=O) groups is 1. The fourth-order valence-corrected chi connectivity index (χ4v) is 3.31. The standard InChI is InChI=1S/C23H29NO7S/c1-4-14-30-24-17(2)22(23(25)26)16-19-7-9-20(10-8-19)29-15-13-18-5-11-21(12-6-18)31-32(3,27)28/h5-12,22H,4,13-16H2,1-3H3,(H,25,26). The fraction of sp³-hybridized carbons (Fsp3) is 0.391. The number of rotatable bonds is 13. The van der Waals surface area contributed by atoms with Crippen LogP contribution in [0.3, 0.4) is 0 Å². The molecule has 0 aliphatic carbocycles. The van der Waals surface area contributed by atoms with Gasteiger partial charge in [0.1, 0.15) is 24.0 Å². The molecular formula is C23H29NO7S. The summed E-state index contributed by atoms with van der Waals surface area (Å²) in [6.07, 6.45) is 2.75. The summed E-state index contributed by atoms with van der Waals surface area (Å²) < 4.78 is 32.8. The average molecular weight is 464 g/mol. The molecule has 0 fully saturated rings. The van der Waals surface area contributed by atoms with E-state index in [2.05, 4.69) is 5.16 Å².